The number of carboxylic acids is 1. The summed E-state index contributed by atoms with van der Waals surface area (Å²) in [5.41, 5.74) is 4.95. The van der Waals surface area contributed by atoms with Crippen molar-refractivity contribution in [3.63, 3.8) is 0 Å². The molecule has 1 saturated heterocycles. The molecule has 1 fully saturated rings. The maximum atomic E-state index is 12.5. The quantitative estimate of drug-likeness (QED) is 0.458. The van der Waals surface area contributed by atoms with E-state index in [-0.39, 0.29) is 13.1 Å². The van der Waals surface area contributed by atoms with Crippen LogP contribution in [0.25, 0.3) is 0 Å². The van der Waals surface area contributed by atoms with Crippen molar-refractivity contribution in [2.24, 2.45) is 11.7 Å². The molecular weight excluding hydrogens is 360 g/mol. The van der Waals surface area contributed by atoms with E-state index in [1.54, 1.807) is 27.7 Å². The molecule has 0 aromatic carbocycles. The molecule has 1 rings (SSSR count). The largest absolute Gasteiger partial charge is 0.480 e. The average molecular weight is 386 g/mol. The maximum absolute atomic E-state index is 12.5. The number of carbonyl (C=O) groups excluding carboxylic acids is 4. The second-order valence-corrected chi connectivity index (χ2v) is 7.38. The second kappa shape index (κ2) is 8.80. The van der Waals surface area contributed by atoms with E-state index in [0.717, 1.165) is 9.80 Å². The Balaban J connectivity index is 2.79. The summed E-state index contributed by atoms with van der Waals surface area (Å²) in [6.45, 7) is 5.03. The van der Waals surface area contributed by atoms with Gasteiger partial charge >= 0.3 is 18.0 Å². The third-order valence-electron chi connectivity index (χ3n) is 3.59. The minimum absolute atomic E-state index is 0.0233. The highest BCUT2D eigenvalue weighted by Crippen LogP contribution is 2.10. The van der Waals surface area contributed by atoms with E-state index in [1.807, 2.05) is 0 Å². The van der Waals surface area contributed by atoms with E-state index in [9.17, 15) is 24.0 Å². The normalized spacial score (nSPS) is 18.6. The van der Waals surface area contributed by atoms with Crippen LogP contribution in [0.4, 0.5) is 4.79 Å². The Bertz CT molecular complexity index is 629. The van der Waals surface area contributed by atoms with E-state index >= 15 is 0 Å². The van der Waals surface area contributed by atoms with Crippen LogP contribution in [-0.4, -0.2) is 82.5 Å². The molecule has 1 aliphatic rings. The van der Waals surface area contributed by atoms with Gasteiger partial charge in [0.1, 0.15) is 24.7 Å². The Morgan fingerprint density at radius 1 is 1.37 bits per heavy atom. The monoisotopic (exact) mass is 386 g/mol. The number of hydrogen-bond donors (Lipinski definition) is 3. The van der Waals surface area contributed by atoms with Gasteiger partial charge in [-0.2, -0.15) is 0 Å². The third-order valence-corrected chi connectivity index (χ3v) is 3.59. The summed E-state index contributed by atoms with van der Waals surface area (Å²) in [5.74, 6) is -3.74. The summed E-state index contributed by atoms with van der Waals surface area (Å²) in [4.78, 5) is 60.8. The van der Waals surface area contributed by atoms with E-state index in [4.69, 9.17) is 15.6 Å². The molecule has 0 aliphatic carbocycles. The lowest BCUT2D eigenvalue weighted by atomic mass is 10.1. The van der Waals surface area contributed by atoms with Crippen molar-refractivity contribution in [2.45, 2.75) is 39.3 Å². The van der Waals surface area contributed by atoms with Gasteiger partial charge in [-0.3, -0.25) is 24.5 Å². The van der Waals surface area contributed by atoms with Crippen LogP contribution in [0.15, 0.2) is 0 Å². The molecule has 4 N–H and O–H groups in total. The van der Waals surface area contributed by atoms with Crippen molar-refractivity contribution in [2.75, 3.05) is 26.2 Å². The Morgan fingerprint density at radius 2 is 1.96 bits per heavy atom. The number of nitrogens with two attached hydrogens (primary N) is 1. The zero-order chi connectivity index (χ0) is 20.9. The smallest absolute Gasteiger partial charge is 0.325 e. The number of esters is 1. The summed E-state index contributed by atoms with van der Waals surface area (Å²) < 4.78 is 5.12. The first kappa shape index (κ1) is 22.4. The summed E-state index contributed by atoms with van der Waals surface area (Å²) in [6.07, 6.45) is 0. The highest BCUT2D eigenvalue weighted by molar-refractivity contribution is 5.99. The van der Waals surface area contributed by atoms with Crippen LogP contribution in [0.2, 0.25) is 0 Å². The summed E-state index contributed by atoms with van der Waals surface area (Å²) in [5, 5.41) is 11.1. The van der Waals surface area contributed by atoms with Crippen LogP contribution in [-0.2, 0) is 23.9 Å². The SMILES string of the molecule is CC1CN(CC(=O)N(CC(=O)O)CC(N)C(=O)OC(C)(C)C)C(=O)NC1=O. The first-order valence-corrected chi connectivity index (χ1v) is 8.38. The number of carbonyl (C=O) groups is 5. The summed E-state index contributed by atoms with van der Waals surface area (Å²) in [7, 11) is 0. The standard InChI is InChI=1S/C16H26N4O7/c1-9-5-20(15(26)18-13(9)24)7-11(21)19(8-12(22)23)6-10(17)14(25)27-16(2,3)4/h9-10H,5-8,17H2,1-4H3,(H,22,23)(H,18,24,26). The van der Waals surface area contributed by atoms with Gasteiger partial charge in [-0.15, -0.1) is 0 Å². The topological polar surface area (TPSA) is 159 Å². The molecule has 1 aliphatic heterocycles. The van der Waals surface area contributed by atoms with E-state index in [1.165, 1.54) is 0 Å². The first-order chi connectivity index (χ1) is 12.3. The van der Waals surface area contributed by atoms with Gasteiger partial charge in [0.25, 0.3) is 0 Å². The fourth-order valence-corrected chi connectivity index (χ4v) is 2.31. The highest BCUT2D eigenvalue weighted by Gasteiger charge is 2.33. The fraction of sp³-hybridized carbons (Fsp3) is 0.688. The van der Waals surface area contributed by atoms with Gasteiger partial charge in [0.15, 0.2) is 0 Å². The van der Waals surface area contributed by atoms with E-state index in [2.05, 4.69) is 5.32 Å². The molecule has 11 heteroatoms. The van der Waals surface area contributed by atoms with Gasteiger partial charge in [-0.25, -0.2) is 4.79 Å². The van der Waals surface area contributed by atoms with Crippen molar-refractivity contribution in [3.05, 3.63) is 0 Å². The highest BCUT2D eigenvalue weighted by atomic mass is 16.6. The molecular formula is C16H26N4O7. The van der Waals surface area contributed by atoms with Gasteiger partial charge in [-0.05, 0) is 20.8 Å². The molecule has 2 atom stereocenters. The molecule has 0 spiro atoms. The Kier molecular flexibility index (Phi) is 7.28. The minimum Gasteiger partial charge on any atom is -0.480 e. The number of ether oxygens (including phenoxy) is 1. The number of hydrogen-bond acceptors (Lipinski definition) is 7. The number of rotatable bonds is 7. The molecule has 11 nitrogen and oxygen atoms in total. The maximum Gasteiger partial charge on any atom is 0.325 e. The van der Waals surface area contributed by atoms with Crippen molar-refractivity contribution in [3.8, 4) is 0 Å². The Morgan fingerprint density at radius 3 is 2.48 bits per heavy atom. The lowest BCUT2D eigenvalue weighted by Gasteiger charge is -2.32. The Labute approximate surface area is 156 Å². The van der Waals surface area contributed by atoms with Crippen molar-refractivity contribution < 1.29 is 33.8 Å². The average Bonchev–Trinajstić information content (AvgIpc) is 2.49. The second-order valence-electron chi connectivity index (χ2n) is 7.38. The molecule has 4 amide bonds. The van der Waals surface area contributed by atoms with Crippen LogP contribution in [0.3, 0.4) is 0 Å². The van der Waals surface area contributed by atoms with E-state index in [0.29, 0.717) is 0 Å². The fourth-order valence-electron chi connectivity index (χ4n) is 2.31. The zero-order valence-corrected chi connectivity index (χ0v) is 15.9. The van der Waals surface area contributed by atoms with Crippen LogP contribution >= 0.6 is 0 Å². The molecule has 0 aromatic heterocycles. The van der Waals surface area contributed by atoms with Crippen LogP contribution in [0.1, 0.15) is 27.7 Å². The zero-order valence-electron chi connectivity index (χ0n) is 15.9. The number of nitrogens with one attached hydrogen (secondary N) is 1. The van der Waals surface area contributed by atoms with Gasteiger partial charge < -0.3 is 25.4 Å². The first-order valence-electron chi connectivity index (χ1n) is 8.38. The number of urea groups is 1. The lowest BCUT2D eigenvalue weighted by Crippen LogP contribution is -2.57. The molecule has 2 unspecified atom stereocenters. The molecule has 0 saturated carbocycles. The number of imide groups is 1. The predicted molar refractivity (Wildman–Crippen MR) is 92.3 cm³/mol. The number of aliphatic carboxylic acids is 1. The number of amides is 4. The van der Waals surface area contributed by atoms with Crippen molar-refractivity contribution in [1.29, 1.82) is 0 Å². The van der Waals surface area contributed by atoms with Gasteiger partial charge in [0.05, 0.1) is 5.92 Å². The minimum atomic E-state index is -1.30. The molecule has 0 bridgehead atoms. The van der Waals surface area contributed by atoms with Gasteiger partial charge in [0.2, 0.25) is 11.8 Å². The molecule has 0 radical (unpaired) electrons. The van der Waals surface area contributed by atoms with Crippen LogP contribution in [0.5, 0.6) is 0 Å². The van der Waals surface area contributed by atoms with Crippen LogP contribution < -0.4 is 11.1 Å². The van der Waals surface area contributed by atoms with Gasteiger partial charge in [-0.1, -0.05) is 6.92 Å². The van der Waals surface area contributed by atoms with Crippen molar-refractivity contribution in [1.82, 2.24) is 15.1 Å². The van der Waals surface area contributed by atoms with Crippen LogP contribution in [0, 0.1) is 5.92 Å². The Hall–Kier alpha value is -2.69. The predicted octanol–water partition coefficient (Wildman–Crippen LogP) is -1.24. The lowest BCUT2D eigenvalue weighted by molar-refractivity contribution is -0.158. The number of nitrogens with zero attached hydrogens (tertiary/aromatic N) is 2. The van der Waals surface area contributed by atoms with E-state index < -0.39 is 60.4 Å². The van der Waals surface area contributed by atoms with Crippen molar-refractivity contribution >= 4 is 29.8 Å². The summed E-state index contributed by atoms with van der Waals surface area (Å²) in [6, 6.07) is -1.98. The molecule has 152 valence electrons. The number of carboxylic acid groups (broad SMARTS) is 1. The summed E-state index contributed by atoms with van der Waals surface area (Å²) >= 11 is 0. The molecule has 0 aromatic rings. The molecule has 27 heavy (non-hydrogen) atoms. The molecule has 1 heterocycles. The van der Waals surface area contributed by atoms with Gasteiger partial charge in [0, 0.05) is 13.1 Å². The third kappa shape index (κ3) is 7.21.